The predicted octanol–water partition coefficient (Wildman–Crippen LogP) is 1.27. The smallest absolute Gasteiger partial charge is 0.123 e. The number of hydrogen-bond acceptors (Lipinski definition) is 4. The van der Waals surface area contributed by atoms with E-state index in [4.69, 9.17) is 10.5 Å². The van der Waals surface area contributed by atoms with E-state index >= 15 is 0 Å². The molecule has 88 valence electrons. The molecular weight excluding hydrogens is 202 g/mol. The zero-order chi connectivity index (χ0) is 11.5. The second-order valence-corrected chi connectivity index (χ2v) is 4.54. The Morgan fingerprint density at radius 2 is 2.12 bits per heavy atom. The molecule has 1 aromatic heterocycles. The van der Waals surface area contributed by atoms with Crippen LogP contribution < -0.4 is 5.73 Å². The number of pyridine rings is 1. The van der Waals surface area contributed by atoms with E-state index in [0.29, 0.717) is 18.0 Å². The van der Waals surface area contributed by atoms with E-state index < -0.39 is 0 Å². The quantitative estimate of drug-likeness (QED) is 0.817. The van der Waals surface area contributed by atoms with Gasteiger partial charge in [0.2, 0.25) is 0 Å². The molecule has 2 rings (SSSR count). The average molecular weight is 221 g/mol. The molecule has 4 nitrogen and oxygen atoms in total. The summed E-state index contributed by atoms with van der Waals surface area (Å²) in [6, 6.07) is 3.95. The van der Waals surface area contributed by atoms with Crippen molar-refractivity contribution in [3.63, 3.8) is 0 Å². The Morgan fingerprint density at radius 1 is 1.44 bits per heavy atom. The maximum atomic E-state index is 5.70. The van der Waals surface area contributed by atoms with Gasteiger partial charge >= 0.3 is 0 Å². The van der Waals surface area contributed by atoms with Gasteiger partial charge in [-0.05, 0) is 31.5 Å². The third kappa shape index (κ3) is 2.93. The van der Waals surface area contributed by atoms with Crippen LogP contribution in [-0.4, -0.2) is 35.2 Å². The third-order valence-corrected chi connectivity index (χ3v) is 2.75. The second-order valence-electron chi connectivity index (χ2n) is 4.54. The largest absolute Gasteiger partial charge is 0.384 e. The highest BCUT2D eigenvalue weighted by atomic mass is 16.5. The van der Waals surface area contributed by atoms with Crippen LogP contribution in [0.3, 0.4) is 0 Å². The number of anilines is 1. The fourth-order valence-corrected chi connectivity index (χ4v) is 2.26. The molecule has 16 heavy (non-hydrogen) atoms. The number of ether oxygens (including phenoxy) is 1. The molecule has 1 aliphatic rings. The lowest BCUT2D eigenvalue weighted by Crippen LogP contribution is -2.44. The molecule has 0 bridgehead atoms. The van der Waals surface area contributed by atoms with Gasteiger partial charge in [0, 0.05) is 25.8 Å². The van der Waals surface area contributed by atoms with E-state index in [9.17, 15) is 0 Å². The first-order chi connectivity index (χ1) is 7.63. The first kappa shape index (κ1) is 11.4. The lowest BCUT2D eigenvalue weighted by Gasteiger charge is -2.35. The van der Waals surface area contributed by atoms with Crippen molar-refractivity contribution in [3.8, 4) is 0 Å². The summed E-state index contributed by atoms with van der Waals surface area (Å²) in [5.74, 6) is 0.590. The molecule has 1 saturated heterocycles. The first-order valence-corrected chi connectivity index (χ1v) is 5.71. The highest BCUT2D eigenvalue weighted by molar-refractivity contribution is 5.31. The molecule has 2 heterocycles. The monoisotopic (exact) mass is 221 g/mol. The maximum absolute atomic E-state index is 5.70. The van der Waals surface area contributed by atoms with Gasteiger partial charge in [-0.15, -0.1) is 0 Å². The van der Waals surface area contributed by atoms with E-state index in [0.717, 1.165) is 19.6 Å². The molecule has 2 N–H and O–H groups in total. The van der Waals surface area contributed by atoms with Crippen molar-refractivity contribution in [1.82, 2.24) is 9.88 Å². The van der Waals surface area contributed by atoms with E-state index in [1.807, 2.05) is 12.1 Å². The molecule has 0 radical (unpaired) electrons. The Balaban J connectivity index is 1.98. The van der Waals surface area contributed by atoms with Crippen LogP contribution in [0, 0.1) is 0 Å². The fraction of sp³-hybridized carbons (Fsp3) is 0.583. The lowest BCUT2D eigenvalue weighted by molar-refractivity contribution is -0.0704. The summed E-state index contributed by atoms with van der Waals surface area (Å²) in [5, 5.41) is 0. The summed E-state index contributed by atoms with van der Waals surface area (Å²) in [6.07, 6.45) is 2.38. The molecule has 2 atom stereocenters. The topological polar surface area (TPSA) is 51.4 Å². The standard InChI is InChI=1S/C12H19N3O/c1-9-6-15(7-10(2)16-9)8-11-3-4-14-12(13)5-11/h3-5,9-10H,6-8H2,1-2H3,(H2,13,14). The minimum Gasteiger partial charge on any atom is -0.384 e. The maximum Gasteiger partial charge on any atom is 0.123 e. The van der Waals surface area contributed by atoms with Crippen molar-refractivity contribution in [3.05, 3.63) is 23.9 Å². The molecule has 1 fully saturated rings. The van der Waals surface area contributed by atoms with Crippen LogP contribution in [-0.2, 0) is 11.3 Å². The molecule has 4 heteroatoms. The molecule has 0 aliphatic carbocycles. The fourth-order valence-electron chi connectivity index (χ4n) is 2.26. The lowest BCUT2D eigenvalue weighted by atomic mass is 10.2. The summed E-state index contributed by atoms with van der Waals surface area (Å²) in [5.41, 5.74) is 6.88. The Morgan fingerprint density at radius 3 is 2.75 bits per heavy atom. The first-order valence-electron chi connectivity index (χ1n) is 5.71. The van der Waals surface area contributed by atoms with Crippen LogP contribution in [0.1, 0.15) is 19.4 Å². The Bertz CT molecular complexity index is 346. The molecule has 1 aromatic rings. The number of nitrogens with two attached hydrogens (primary N) is 1. The average Bonchev–Trinajstić information content (AvgIpc) is 2.15. The van der Waals surface area contributed by atoms with Gasteiger partial charge in [-0.3, -0.25) is 4.90 Å². The SMILES string of the molecule is CC1CN(Cc2ccnc(N)c2)CC(C)O1. The van der Waals surface area contributed by atoms with Gasteiger partial charge in [-0.25, -0.2) is 4.98 Å². The second kappa shape index (κ2) is 4.80. The molecule has 0 saturated carbocycles. The highest BCUT2D eigenvalue weighted by Gasteiger charge is 2.21. The summed E-state index contributed by atoms with van der Waals surface area (Å²) in [4.78, 5) is 6.39. The molecule has 0 amide bonds. The van der Waals surface area contributed by atoms with Crippen LogP contribution in [0.4, 0.5) is 5.82 Å². The number of morpholine rings is 1. The van der Waals surface area contributed by atoms with Crippen molar-refractivity contribution in [2.45, 2.75) is 32.6 Å². The van der Waals surface area contributed by atoms with Gasteiger partial charge in [0.1, 0.15) is 5.82 Å². The van der Waals surface area contributed by atoms with Crippen LogP contribution >= 0.6 is 0 Å². The van der Waals surface area contributed by atoms with Crippen molar-refractivity contribution < 1.29 is 4.74 Å². The summed E-state index contributed by atoms with van der Waals surface area (Å²) in [6.45, 7) is 7.11. The summed E-state index contributed by atoms with van der Waals surface area (Å²) in [7, 11) is 0. The van der Waals surface area contributed by atoms with Crippen LogP contribution in [0.5, 0.6) is 0 Å². The zero-order valence-corrected chi connectivity index (χ0v) is 9.89. The highest BCUT2D eigenvalue weighted by Crippen LogP contribution is 2.14. The van der Waals surface area contributed by atoms with Gasteiger partial charge in [0.15, 0.2) is 0 Å². The Kier molecular flexibility index (Phi) is 3.41. The van der Waals surface area contributed by atoms with E-state index in [2.05, 4.69) is 23.7 Å². The number of nitrogens with zero attached hydrogens (tertiary/aromatic N) is 2. The van der Waals surface area contributed by atoms with Gasteiger partial charge in [-0.2, -0.15) is 0 Å². The van der Waals surface area contributed by atoms with Gasteiger partial charge < -0.3 is 10.5 Å². The van der Waals surface area contributed by atoms with Gasteiger partial charge in [-0.1, -0.05) is 0 Å². The van der Waals surface area contributed by atoms with Gasteiger partial charge in [0.05, 0.1) is 12.2 Å². The van der Waals surface area contributed by atoms with Crippen LogP contribution in [0.15, 0.2) is 18.3 Å². The van der Waals surface area contributed by atoms with E-state index in [-0.39, 0.29) is 0 Å². The van der Waals surface area contributed by atoms with E-state index in [1.54, 1.807) is 6.20 Å². The van der Waals surface area contributed by atoms with Crippen molar-refractivity contribution in [2.24, 2.45) is 0 Å². The zero-order valence-electron chi connectivity index (χ0n) is 9.89. The van der Waals surface area contributed by atoms with Crippen LogP contribution in [0.25, 0.3) is 0 Å². The number of aromatic nitrogens is 1. The summed E-state index contributed by atoms with van der Waals surface area (Å²) >= 11 is 0. The normalized spacial score (nSPS) is 26.9. The summed E-state index contributed by atoms with van der Waals surface area (Å²) < 4.78 is 5.70. The van der Waals surface area contributed by atoms with Crippen LogP contribution in [0.2, 0.25) is 0 Å². The van der Waals surface area contributed by atoms with Crippen molar-refractivity contribution in [2.75, 3.05) is 18.8 Å². The van der Waals surface area contributed by atoms with Crippen molar-refractivity contribution in [1.29, 1.82) is 0 Å². The number of rotatable bonds is 2. The minimum atomic E-state index is 0.308. The predicted molar refractivity (Wildman–Crippen MR) is 63.9 cm³/mol. The Labute approximate surface area is 96.4 Å². The molecule has 2 unspecified atom stereocenters. The number of hydrogen-bond donors (Lipinski definition) is 1. The van der Waals surface area contributed by atoms with Crippen molar-refractivity contribution >= 4 is 5.82 Å². The number of nitrogen functional groups attached to an aromatic ring is 1. The molecule has 1 aliphatic heterocycles. The molecule has 0 aromatic carbocycles. The molecular formula is C12H19N3O. The molecule has 0 spiro atoms. The Hall–Kier alpha value is -1.13. The third-order valence-electron chi connectivity index (χ3n) is 2.75. The van der Waals surface area contributed by atoms with Gasteiger partial charge in [0.25, 0.3) is 0 Å². The minimum absolute atomic E-state index is 0.308. The van der Waals surface area contributed by atoms with E-state index in [1.165, 1.54) is 5.56 Å².